The lowest BCUT2D eigenvalue weighted by Crippen LogP contribution is -2.32. The zero-order chi connectivity index (χ0) is 15.6. The average molecular weight is 292 g/mol. The molecule has 22 heavy (non-hydrogen) atoms. The van der Waals surface area contributed by atoms with E-state index in [1.54, 1.807) is 18.5 Å². The minimum atomic E-state index is -0.646. The van der Waals surface area contributed by atoms with E-state index < -0.39 is 5.54 Å². The summed E-state index contributed by atoms with van der Waals surface area (Å²) in [6.07, 6.45) is 5.94. The monoisotopic (exact) mass is 292 g/mol. The van der Waals surface area contributed by atoms with Gasteiger partial charge in [0, 0.05) is 29.5 Å². The number of hydrogen-bond donors (Lipinski definition) is 2. The van der Waals surface area contributed by atoms with Gasteiger partial charge in [-0.2, -0.15) is 5.26 Å². The maximum atomic E-state index is 9.28. The molecule has 0 aliphatic rings. The van der Waals surface area contributed by atoms with Crippen LogP contribution in [0.25, 0.3) is 22.4 Å². The second-order valence-corrected chi connectivity index (χ2v) is 5.29. The van der Waals surface area contributed by atoms with Crippen molar-refractivity contribution in [2.24, 2.45) is 0 Å². The number of H-pyrrole nitrogens is 1. The van der Waals surface area contributed by atoms with Gasteiger partial charge in [-0.15, -0.1) is 0 Å². The van der Waals surface area contributed by atoms with Gasteiger partial charge < -0.3 is 10.3 Å². The zero-order valence-electron chi connectivity index (χ0n) is 12.5. The van der Waals surface area contributed by atoms with E-state index >= 15 is 0 Å². The Hall–Kier alpha value is -2.94. The summed E-state index contributed by atoms with van der Waals surface area (Å²) < 4.78 is 0. The van der Waals surface area contributed by atoms with E-state index in [9.17, 15) is 5.26 Å². The highest BCUT2D eigenvalue weighted by Crippen LogP contribution is 2.25. The van der Waals surface area contributed by atoms with Gasteiger partial charge in [-0.3, -0.25) is 0 Å². The van der Waals surface area contributed by atoms with Gasteiger partial charge in [-0.1, -0.05) is 6.92 Å². The van der Waals surface area contributed by atoms with Gasteiger partial charge in [0.2, 0.25) is 0 Å². The Balaban J connectivity index is 2.02. The fourth-order valence-corrected chi connectivity index (χ4v) is 2.19. The second kappa shape index (κ2) is 5.45. The Labute approximate surface area is 128 Å². The first-order valence-corrected chi connectivity index (χ1v) is 7.10. The molecule has 3 aromatic rings. The first kappa shape index (κ1) is 14.0. The molecule has 0 saturated carbocycles. The van der Waals surface area contributed by atoms with Crippen LogP contribution in [0.5, 0.6) is 0 Å². The molecule has 0 aliphatic carbocycles. The van der Waals surface area contributed by atoms with Crippen molar-refractivity contribution in [2.45, 2.75) is 25.8 Å². The maximum Gasteiger partial charge on any atom is 0.162 e. The molecule has 3 rings (SSSR count). The van der Waals surface area contributed by atoms with Crippen LogP contribution < -0.4 is 5.32 Å². The van der Waals surface area contributed by atoms with E-state index in [-0.39, 0.29) is 0 Å². The topological polar surface area (TPSA) is 90.3 Å². The predicted molar refractivity (Wildman–Crippen MR) is 85.1 cm³/mol. The number of fused-ring (bicyclic) bond motifs is 1. The number of nitriles is 1. The zero-order valence-corrected chi connectivity index (χ0v) is 12.5. The molecule has 0 fully saturated rings. The van der Waals surface area contributed by atoms with E-state index in [1.165, 1.54) is 0 Å². The van der Waals surface area contributed by atoms with Gasteiger partial charge >= 0.3 is 0 Å². The third kappa shape index (κ3) is 2.49. The molecule has 0 amide bonds. The van der Waals surface area contributed by atoms with Crippen LogP contribution in [0.15, 0.2) is 36.8 Å². The van der Waals surface area contributed by atoms with Crippen LogP contribution in [0.1, 0.15) is 20.3 Å². The molecule has 110 valence electrons. The van der Waals surface area contributed by atoms with Crippen LogP contribution in [0.4, 0.5) is 5.82 Å². The lowest BCUT2D eigenvalue weighted by molar-refractivity contribution is 0.623. The lowest BCUT2D eigenvalue weighted by Gasteiger charge is -2.21. The first-order chi connectivity index (χ1) is 10.6. The Morgan fingerprint density at radius 1 is 1.27 bits per heavy atom. The Morgan fingerprint density at radius 2 is 2.09 bits per heavy atom. The van der Waals surface area contributed by atoms with Crippen LogP contribution in [-0.2, 0) is 0 Å². The van der Waals surface area contributed by atoms with Gasteiger partial charge in [0.1, 0.15) is 17.0 Å². The number of hydrogen-bond acceptors (Lipinski definition) is 5. The minimum Gasteiger partial charge on any atom is -0.352 e. The van der Waals surface area contributed by atoms with Crippen molar-refractivity contribution in [3.8, 4) is 17.5 Å². The molecule has 0 saturated heterocycles. The summed E-state index contributed by atoms with van der Waals surface area (Å²) in [6.45, 7) is 3.82. The molecule has 0 bridgehead atoms. The third-order valence-electron chi connectivity index (χ3n) is 3.71. The predicted octanol–water partition coefficient (Wildman–Crippen LogP) is 3.12. The number of anilines is 1. The number of pyridine rings is 1. The Kier molecular flexibility index (Phi) is 3.47. The summed E-state index contributed by atoms with van der Waals surface area (Å²) in [4.78, 5) is 16.2. The summed E-state index contributed by atoms with van der Waals surface area (Å²) in [5, 5.41) is 13.4. The third-order valence-corrected chi connectivity index (χ3v) is 3.71. The molecule has 1 unspecified atom stereocenters. The molecule has 0 radical (unpaired) electrons. The highest BCUT2D eigenvalue weighted by atomic mass is 15.1. The fourth-order valence-electron chi connectivity index (χ4n) is 2.19. The molecule has 3 aromatic heterocycles. The van der Waals surface area contributed by atoms with Gasteiger partial charge in [0.25, 0.3) is 0 Å². The molecular weight excluding hydrogens is 276 g/mol. The van der Waals surface area contributed by atoms with Crippen molar-refractivity contribution in [3.63, 3.8) is 0 Å². The Bertz CT molecular complexity index is 847. The molecule has 6 nitrogen and oxygen atoms in total. The number of rotatable bonds is 4. The van der Waals surface area contributed by atoms with Crippen molar-refractivity contribution in [3.05, 3.63) is 36.8 Å². The van der Waals surface area contributed by atoms with Crippen molar-refractivity contribution in [2.75, 3.05) is 5.32 Å². The lowest BCUT2D eigenvalue weighted by atomic mass is 10.0. The molecule has 0 spiro atoms. The summed E-state index contributed by atoms with van der Waals surface area (Å²) >= 11 is 0. The van der Waals surface area contributed by atoms with Crippen molar-refractivity contribution >= 4 is 16.9 Å². The smallest absolute Gasteiger partial charge is 0.162 e. The van der Waals surface area contributed by atoms with Crippen LogP contribution in [0.2, 0.25) is 0 Å². The summed E-state index contributed by atoms with van der Waals surface area (Å²) in [5.74, 6) is 1.24. The van der Waals surface area contributed by atoms with E-state index in [2.05, 4.69) is 31.3 Å². The number of aromatic amines is 1. The van der Waals surface area contributed by atoms with Crippen molar-refractivity contribution in [1.82, 2.24) is 19.9 Å². The van der Waals surface area contributed by atoms with Crippen molar-refractivity contribution in [1.29, 1.82) is 5.26 Å². The minimum absolute atomic E-state index is 0.605. The quantitative estimate of drug-likeness (QED) is 0.771. The normalized spacial score (nSPS) is 13.5. The summed E-state index contributed by atoms with van der Waals surface area (Å²) in [5.41, 5.74) is 1.06. The van der Waals surface area contributed by atoms with E-state index in [0.29, 0.717) is 18.1 Å². The molecule has 2 N–H and O–H groups in total. The summed E-state index contributed by atoms with van der Waals surface area (Å²) in [6, 6.07) is 7.88. The molecule has 0 aromatic carbocycles. The SMILES string of the molecule is CCC(C)(C#N)Nc1ccnc(-c2ccnc3[nH]ccc23)n1. The maximum absolute atomic E-state index is 9.28. The van der Waals surface area contributed by atoms with Crippen LogP contribution in [0.3, 0.4) is 0 Å². The molecule has 1 atom stereocenters. The van der Waals surface area contributed by atoms with E-state index in [1.807, 2.05) is 32.2 Å². The van der Waals surface area contributed by atoms with E-state index in [4.69, 9.17) is 0 Å². The van der Waals surface area contributed by atoms with Crippen LogP contribution >= 0.6 is 0 Å². The number of nitrogens with zero attached hydrogens (tertiary/aromatic N) is 4. The highest BCUT2D eigenvalue weighted by molar-refractivity contribution is 5.90. The average Bonchev–Trinajstić information content (AvgIpc) is 3.03. The molecule has 6 heteroatoms. The van der Waals surface area contributed by atoms with Crippen LogP contribution in [-0.4, -0.2) is 25.5 Å². The second-order valence-electron chi connectivity index (χ2n) is 5.29. The number of nitrogens with one attached hydrogen (secondary N) is 2. The Morgan fingerprint density at radius 3 is 2.86 bits per heavy atom. The first-order valence-electron chi connectivity index (χ1n) is 7.10. The van der Waals surface area contributed by atoms with Crippen molar-refractivity contribution < 1.29 is 0 Å². The number of aromatic nitrogens is 4. The standard InChI is InChI=1S/C16H16N6/c1-3-16(2,10-17)22-13-6-9-20-15(21-13)12-5-8-19-14-11(12)4-7-18-14/h4-9H,3H2,1-2H3,(H,18,19)(H,20,21,22). The van der Waals surface area contributed by atoms with E-state index in [0.717, 1.165) is 16.6 Å². The van der Waals surface area contributed by atoms with Gasteiger partial charge in [0.05, 0.1) is 6.07 Å². The summed E-state index contributed by atoms with van der Waals surface area (Å²) in [7, 11) is 0. The van der Waals surface area contributed by atoms with Crippen LogP contribution in [0, 0.1) is 11.3 Å². The van der Waals surface area contributed by atoms with Gasteiger partial charge in [0.15, 0.2) is 5.82 Å². The molecular formula is C16H16N6. The fraction of sp³-hybridized carbons (Fsp3) is 0.250. The highest BCUT2D eigenvalue weighted by Gasteiger charge is 2.21. The van der Waals surface area contributed by atoms with Gasteiger partial charge in [-0.25, -0.2) is 15.0 Å². The molecule has 0 aliphatic heterocycles. The molecule has 3 heterocycles. The largest absolute Gasteiger partial charge is 0.352 e. The van der Waals surface area contributed by atoms with Gasteiger partial charge in [-0.05, 0) is 31.5 Å².